The number of hydrogen-bond acceptors (Lipinski definition) is 2. The SMILES string of the molecule is C=C1CC(CN2CCC(N(CCC)C(=O)NCc3ccccc3)CC2)C(c2ccccc2)C1. The van der Waals surface area contributed by atoms with Gasteiger partial charge in [-0.1, -0.05) is 79.7 Å². The zero-order valence-corrected chi connectivity index (χ0v) is 20.1. The maximum absolute atomic E-state index is 13.0. The van der Waals surface area contributed by atoms with Crippen molar-refractivity contribution in [2.75, 3.05) is 26.2 Å². The number of amides is 2. The summed E-state index contributed by atoms with van der Waals surface area (Å²) < 4.78 is 0. The van der Waals surface area contributed by atoms with Crippen molar-refractivity contribution >= 4 is 6.03 Å². The van der Waals surface area contributed by atoms with Crippen molar-refractivity contribution in [1.29, 1.82) is 0 Å². The molecule has 2 aliphatic rings. The molecular formula is C29H39N3O. The number of benzene rings is 2. The van der Waals surface area contributed by atoms with Crippen LogP contribution in [0.2, 0.25) is 0 Å². The number of carbonyl (C=O) groups excluding carboxylic acids is 1. The van der Waals surface area contributed by atoms with Crippen LogP contribution in [0.5, 0.6) is 0 Å². The van der Waals surface area contributed by atoms with Crippen LogP contribution in [-0.4, -0.2) is 48.1 Å². The van der Waals surface area contributed by atoms with E-state index < -0.39 is 0 Å². The van der Waals surface area contributed by atoms with Crippen LogP contribution >= 0.6 is 0 Å². The predicted molar refractivity (Wildman–Crippen MR) is 136 cm³/mol. The van der Waals surface area contributed by atoms with Gasteiger partial charge in [0.1, 0.15) is 0 Å². The molecule has 1 aliphatic heterocycles. The fraction of sp³-hybridized carbons (Fsp3) is 0.483. The van der Waals surface area contributed by atoms with Gasteiger partial charge in [-0.05, 0) is 55.1 Å². The first-order chi connectivity index (χ1) is 16.1. The Morgan fingerprint density at radius 2 is 1.70 bits per heavy atom. The van der Waals surface area contributed by atoms with E-state index >= 15 is 0 Å². The van der Waals surface area contributed by atoms with Crippen LogP contribution in [0, 0.1) is 5.92 Å². The van der Waals surface area contributed by atoms with Gasteiger partial charge in [0.05, 0.1) is 0 Å². The lowest BCUT2D eigenvalue weighted by molar-refractivity contribution is 0.110. The first kappa shape index (κ1) is 23.6. The van der Waals surface area contributed by atoms with E-state index in [2.05, 4.69) is 71.1 Å². The van der Waals surface area contributed by atoms with Gasteiger partial charge in [-0.25, -0.2) is 4.79 Å². The fourth-order valence-electron chi connectivity index (χ4n) is 5.67. The third-order valence-electron chi connectivity index (χ3n) is 7.36. The number of hydrogen-bond donors (Lipinski definition) is 1. The standard InChI is InChI=1S/C29H39N3O/c1-3-16-32(29(33)30-21-24-10-6-4-7-11-24)27-14-17-31(18-15-27)22-26-19-23(2)20-28(26)25-12-8-5-9-13-25/h4-13,26-28H,2-3,14-22H2,1H3,(H,30,33). The monoisotopic (exact) mass is 445 g/mol. The Morgan fingerprint density at radius 1 is 1.03 bits per heavy atom. The minimum Gasteiger partial charge on any atom is -0.334 e. The molecule has 2 atom stereocenters. The third kappa shape index (κ3) is 6.26. The van der Waals surface area contributed by atoms with E-state index in [1.807, 2.05) is 18.2 Å². The van der Waals surface area contributed by atoms with Crippen molar-refractivity contribution in [2.45, 2.75) is 57.5 Å². The highest BCUT2D eigenvalue weighted by Gasteiger charge is 2.34. The second kappa shape index (κ2) is 11.5. The summed E-state index contributed by atoms with van der Waals surface area (Å²) in [5.74, 6) is 1.24. The number of carbonyl (C=O) groups is 1. The van der Waals surface area contributed by atoms with Gasteiger partial charge < -0.3 is 15.1 Å². The predicted octanol–water partition coefficient (Wildman–Crippen LogP) is 5.82. The molecule has 0 spiro atoms. The average molecular weight is 446 g/mol. The van der Waals surface area contributed by atoms with Crippen LogP contribution in [0.1, 0.15) is 56.1 Å². The van der Waals surface area contributed by atoms with Crippen molar-refractivity contribution in [3.05, 3.63) is 83.9 Å². The van der Waals surface area contributed by atoms with Crippen LogP contribution in [0.15, 0.2) is 72.8 Å². The first-order valence-corrected chi connectivity index (χ1v) is 12.7. The van der Waals surface area contributed by atoms with Gasteiger partial charge in [-0.3, -0.25) is 0 Å². The van der Waals surface area contributed by atoms with Gasteiger partial charge >= 0.3 is 6.03 Å². The summed E-state index contributed by atoms with van der Waals surface area (Å²) in [5.41, 5.74) is 4.00. The highest BCUT2D eigenvalue weighted by atomic mass is 16.2. The van der Waals surface area contributed by atoms with Gasteiger partial charge in [0.2, 0.25) is 0 Å². The summed E-state index contributed by atoms with van der Waals surface area (Å²) in [4.78, 5) is 17.7. The fourth-order valence-corrected chi connectivity index (χ4v) is 5.67. The quantitative estimate of drug-likeness (QED) is 0.520. The van der Waals surface area contributed by atoms with E-state index in [0.29, 0.717) is 24.4 Å². The molecule has 1 heterocycles. The molecule has 2 fully saturated rings. The molecule has 1 saturated heterocycles. The number of rotatable bonds is 8. The van der Waals surface area contributed by atoms with E-state index in [-0.39, 0.29) is 6.03 Å². The normalized spacial score (nSPS) is 21.8. The summed E-state index contributed by atoms with van der Waals surface area (Å²) in [6.07, 6.45) is 5.37. The molecular weight excluding hydrogens is 406 g/mol. The largest absolute Gasteiger partial charge is 0.334 e. The maximum Gasteiger partial charge on any atom is 0.317 e. The molecule has 2 amide bonds. The van der Waals surface area contributed by atoms with Crippen LogP contribution < -0.4 is 5.32 Å². The number of nitrogens with zero attached hydrogens (tertiary/aromatic N) is 2. The van der Waals surface area contributed by atoms with Crippen molar-refractivity contribution in [3.63, 3.8) is 0 Å². The van der Waals surface area contributed by atoms with Gasteiger partial charge in [0.15, 0.2) is 0 Å². The molecule has 4 nitrogen and oxygen atoms in total. The summed E-state index contributed by atoms with van der Waals surface area (Å²) in [7, 11) is 0. The zero-order chi connectivity index (χ0) is 23.0. The molecule has 176 valence electrons. The zero-order valence-electron chi connectivity index (χ0n) is 20.1. The molecule has 1 aliphatic carbocycles. The molecule has 0 radical (unpaired) electrons. The van der Waals surface area contributed by atoms with Gasteiger partial charge in [0, 0.05) is 38.8 Å². The van der Waals surface area contributed by atoms with Gasteiger partial charge in [-0.2, -0.15) is 0 Å². The first-order valence-electron chi connectivity index (χ1n) is 12.7. The summed E-state index contributed by atoms with van der Waals surface area (Å²) in [6.45, 7) is 11.2. The Kier molecular flexibility index (Phi) is 8.22. The second-order valence-corrected chi connectivity index (χ2v) is 9.80. The molecule has 0 aromatic heterocycles. The Morgan fingerprint density at radius 3 is 2.36 bits per heavy atom. The van der Waals surface area contributed by atoms with Gasteiger partial charge in [-0.15, -0.1) is 0 Å². The molecule has 4 heteroatoms. The average Bonchev–Trinajstić information content (AvgIpc) is 3.22. The number of piperidine rings is 1. The minimum absolute atomic E-state index is 0.0791. The van der Waals surface area contributed by atoms with Crippen LogP contribution in [-0.2, 0) is 6.54 Å². The molecule has 1 saturated carbocycles. The maximum atomic E-state index is 13.0. The highest BCUT2D eigenvalue weighted by Crippen LogP contribution is 2.42. The lowest BCUT2D eigenvalue weighted by atomic mass is 9.88. The molecule has 2 unspecified atom stereocenters. The van der Waals surface area contributed by atoms with E-state index in [1.54, 1.807) is 0 Å². The molecule has 0 bridgehead atoms. The number of likely N-dealkylation sites (tertiary alicyclic amines) is 1. The Labute approximate surface area is 199 Å². The number of urea groups is 1. The van der Waals surface area contributed by atoms with E-state index in [1.165, 1.54) is 11.1 Å². The highest BCUT2D eigenvalue weighted by molar-refractivity contribution is 5.74. The summed E-state index contributed by atoms with van der Waals surface area (Å²) in [6, 6.07) is 21.5. The van der Waals surface area contributed by atoms with Gasteiger partial charge in [0.25, 0.3) is 0 Å². The number of allylic oxidation sites excluding steroid dienone is 1. The lowest BCUT2D eigenvalue weighted by Gasteiger charge is -2.39. The lowest BCUT2D eigenvalue weighted by Crippen LogP contribution is -2.51. The smallest absolute Gasteiger partial charge is 0.317 e. The third-order valence-corrected chi connectivity index (χ3v) is 7.36. The van der Waals surface area contributed by atoms with E-state index in [0.717, 1.165) is 63.8 Å². The molecule has 1 N–H and O–H groups in total. The van der Waals surface area contributed by atoms with Crippen molar-refractivity contribution in [2.24, 2.45) is 5.92 Å². The summed E-state index contributed by atoms with van der Waals surface area (Å²) in [5, 5.41) is 3.14. The topological polar surface area (TPSA) is 35.6 Å². The van der Waals surface area contributed by atoms with Crippen LogP contribution in [0.3, 0.4) is 0 Å². The molecule has 4 rings (SSSR count). The number of nitrogens with one attached hydrogen (secondary N) is 1. The van der Waals surface area contributed by atoms with Crippen molar-refractivity contribution in [3.8, 4) is 0 Å². The van der Waals surface area contributed by atoms with Crippen LogP contribution in [0.25, 0.3) is 0 Å². The molecule has 2 aromatic carbocycles. The second-order valence-electron chi connectivity index (χ2n) is 9.80. The Bertz CT molecular complexity index is 890. The van der Waals surface area contributed by atoms with E-state index in [9.17, 15) is 4.79 Å². The van der Waals surface area contributed by atoms with Crippen molar-refractivity contribution in [1.82, 2.24) is 15.1 Å². The molecule has 33 heavy (non-hydrogen) atoms. The minimum atomic E-state index is 0.0791. The Balaban J connectivity index is 1.30. The molecule has 2 aromatic rings. The van der Waals surface area contributed by atoms with Crippen molar-refractivity contribution < 1.29 is 4.79 Å². The summed E-state index contributed by atoms with van der Waals surface area (Å²) >= 11 is 0. The van der Waals surface area contributed by atoms with Crippen LogP contribution in [0.4, 0.5) is 4.79 Å². The van der Waals surface area contributed by atoms with E-state index in [4.69, 9.17) is 0 Å². The Hall–Kier alpha value is -2.59.